The second kappa shape index (κ2) is 5.96. The number of hydrogen-bond acceptors (Lipinski definition) is 6. The first kappa shape index (κ1) is 17.8. The van der Waals surface area contributed by atoms with Gasteiger partial charge in [0, 0.05) is 18.1 Å². The third kappa shape index (κ3) is 2.51. The number of allylic oxidation sites excluding steroid dienone is 1. The van der Waals surface area contributed by atoms with Crippen molar-refractivity contribution in [1.29, 1.82) is 0 Å². The third-order valence-corrected chi connectivity index (χ3v) is 5.46. The van der Waals surface area contributed by atoms with Crippen LogP contribution in [0.3, 0.4) is 0 Å². The molecule has 6 nitrogen and oxygen atoms in total. The molecule has 4 rings (SSSR count). The highest BCUT2D eigenvalue weighted by atomic mass is 16.7. The number of ether oxygens (including phenoxy) is 3. The molecule has 2 aliphatic carbocycles. The van der Waals surface area contributed by atoms with Crippen LogP contribution in [0.4, 0.5) is 0 Å². The van der Waals surface area contributed by atoms with Crippen molar-refractivity contribution in [3.63, 3.8) is 0 Å². The second-order valence-electron chi connectivity index (χ2n) is 7.67. The SMILES string of the molecule is CC(=O)OCC1=CC(=O)C2C1=Cc1c(O)ccc3c1C2(C)C(OC(C)C)O3. The molecule has 3 aliphatic rings. The molecule has 1 aromatic carbocycles. The molecule has 142 valence electrons. The largest absolute Gasteiger partial charge is 0.507 e. The Kier molecular flexibility index (Phi) is 3.93. The number of phenols is 1. The monoisotopic (exact) mass is 370 g/mol. The number of benzene rings is 1. The maximum Gasteiger partial charge on any atom is 0.302 e. The predicted molar refractivity (Wildman–Crippen MR) is 97.3 cm³/mol. The molecule has 0 radical (unpaired) electrons. The summed E-state index contributed by atoms with van der Waals surface area (Å²) in [6, 6.07) is 3.29. The van der Waals surface area contributed by atoms with E-state index in [4.69, 9.17) is 14.2 Å². The molecule has 1 aromatic rings. The van der Waals surface area contributed by atoms with Crippen LogP contribution < -0.4 is 4.74 Å². The molecule has 1 aliphatic heterocycles. The average molecular weight is 370 g/mol. The van der Waals surface area contributed by atoms with Gasteiger partial charge >= 0.3 is 5.97 Å². The van der Waals surface area contributed by atoms with Crippen molar-refractivity contribution in [2.45, 2.75) is 45.5 Å². The molecular formula is C21H22O6. The van der Waals surface area contributed by atoms with E-state index < -0.39 is 23.6 Å². The van der Waals surface area contributed by atoms with Crippen molar-refractivity contribution in [2.75, 3.05) is 6.61 Å². The molecule has 0 fully saturated rings. The Balaban J connectivity index is 1.87. The van der Waals surface area contributed by atoms with E-state index in [0.717, 1.165) is 11.1 Å². The first-order valence-electron chi connectivity index (χ1n) is 9.01. The Bertz CT molecular complexity index is 909. The molecular weight excluding hydrogens is 348 g/mol. The number of rotatable bonds is 4. The van der Waals surface area contributed by atoms with Crippen molar-refractivity contribution >= 4 is 17.8 Å². The minimum Gasteiger partial charge on any atom is -0.507 e. The van der Waals surface area contributed by atoms with E-state index in [2.05, 4.69) is 0 Å². The van der Waals surface area contributed by atoms with Crippen molar-refractivity contribution in [3.8, 4) is 11.5 Å². The van der Waals surface area contributed by atoms with Gasteiger partial charge in [-0.15, -0.1) is 0 Å². The van der Waals surface area contributed by atoms with Gasteiger partial charge in [-0.2, -0.15) is 0 Å². The van der Waals surface area contributed by atoms with Gasteiger partial charge in [-0.25, -0.2) is 0 Å². The summed E-state index contributed by atoms with van der Waals surface area (Å²) in [4.78, 5) is 24.2. The van der Waals surface area contributed by atoms with E-state index in [1.165, 1.54) is 13.0 Å². The van der Waals surface area contributed by atoms with Gasteiger partial charge in [0.05, 0.1) is 17.4 Å². The topological polar surface area (TPSA) is 82.1 Å². The first-order chi connectivity index (χ1) is 12.7. The second-order valence-corrected chi connectivity index (χ2v) is 7.67. The van der Waals surface area contributed by atoms with Gasteiger partial charge in [-0.1, -0.05) is 0 Å². The standard InChI is InChI=1S/C21H22O6/c1-10(2)26-20-21(4)18-13(12(7-16(18)24)9-25-11(3)22)8-14-15(23)5-6-17(27-20)19(14)21/h5-8,10,18,20,23H,9H2,1-4H3. The van der Waals surface area contributed by atoms with Gasteiger partial charge in [0.2, 0.25) is 6.29 Å². The fraction of sp³-hybridized carbons (Fsp3) is 0.429. The van der Waals surface area contributed by atoms with Crippen LogP contribution in [0.15, 0.2) is 29.4 Å². The normalized spacial score (nSPS) is 27.7. The van der Waals surface area contributed by atoms with Gasteiger partial charge in [-0.3, -0.25) is 9.59 Å². The number of fused-ring (bicyclic) bond motifs is 2. The molecule has 0 amide bonds. The number of carbonyl (C=O) groups excluding carboxylic acids is 2. The quantitative estimate of drug-likeness (QED) is 0.821. The molecule has 3 atom stereocenters. The zero-order valence-corrected chi connectivity index (χ0v) is 15.7. The Labute approximate surface area is 157 Å². The van der Waals surface area contributed by atoms with Gasteiger partial charge in [-0.05, 0) is 56.2 Å². The molecule has 27 heavy (non-hydrogen) atoms. The number of aromatic hydroxyl groups is 1. The summed E-state index contributed by atoms with van der Waals surface area (Å²) in [5.41, 5.74) is 2.01. The van der Waals surface area contributed by atoms with Crippen LogP contribution in [0.5, 0.6) is 11.5 Å². The Morgan fingerprint density at radius 3 is 2.74 bits per heavy atom. The average Bonchev–Trinajstić information content (AvgIpc) is 3.05. The van der Waals surface area contributed by atoms with Crippen LogP contribution in [0.2, 0.25) is 0 Å². The van der Waals surface area contributed by atoms with Gasteiger partial charge in [0.25, 0.3) is 0 Å². The summed E-state index contributed by atoms with van der Waals surface area (Å²) < 4.78 is 17.2. The zero-order valence-electron chi connectivity index (χ0n) is 15.7. The highest BCUT2D eigenvalue weighted by Gasteiger charge is 2.59. The first-order valence-corrected chi connectivity index (χ1v) is 9.01. The maximum atomic E-state index is 13.0. The van der Waals surface area contributed by atoms with E-state index in [-0.39, 0.29) is 24.2 Å². The highest BCUT2D eigenvalue weighted by molar-refractivity contribution is 6.04. The fourth-order valence-corrected chi connectivity index (χ4v) is 4.37. The van der Waals surface area contributed by atoms with E-state index >= 15 is 0 Å². The van der Waals surface area contributed by atoms with Crippen molar-refractivity contribution in [1.82, 2.24) is 0 Å². The van der Waals surface area contributed by atoms with Gasteiger partial charge in [0.15, 0.2) is 5.78 Å². The van der Waals surface area contributed by atoms with E-state index in [9.17, 15) is 14.7 Å². The molecule has 0 bridgehead atoms. The van der Waals surface area contributed by atoms with Gasteiger partial charge < -0.3 is 19.3 Å². The van der Waals surface area contributed by atoms with Crippen molar-refractivity contribution < 1.29 is 28.9 Å². The molecule has 3 unspecified atom stereocenters. The highest BCUT2D eigenvalue weighted by Crippen LogP contribution is 2.59. The minimum atomic E-state index is -0.788. The number of esters is 1. The predicted octanol–water partition coefficient (Wildman–Crippen LogP) is 2.88. The summed E-state index contributed by atoms with van der Waals surface area (Å²) in [6.07, 6.45) is 2.57. The van der Waals surface area contributed by atoms with Crippen LogP contribution in [0.25, 0.3) is 6.08 Å². The zero-order chi connectivity index (χ0) is 19.5. The lowest BCUT2D eigenvalue weighted by Crippen LogP contribution is -2.48. The molecule has 0 saturated carbocycles. The molecule has 1 heterocycles. The summed E-state index contributed by atoms with van der Waals surface area (Å²) >= 11 is 0. The summed E-state index contributed by atoms with van der Waals surface area (Å²) in [6.45, 7) is 7.11. The van der Waals surface area contributed by atoms with Crippen LogP contribution >= 0.6 is 0 Å². The number of phenolic OH excluding ortho intramolecular Hbond substituents is 1. The molecule has 0 spiro atoms. The Morgan fingerprint density at radius 1 is 1.33 bits per heavy atom. The van der Waals surface area contributed by atoms with E-state index in [1.54, 1.807) is 12.1 Å². The van der Waals surface area contributed by atoms with Crippen LogP contribution in [0, 0.1) is 5.92 Å². The van der Waals surface area contributed by atoms with E-state index in [0.29, 0.717) is 16.9 Å². The lowest BCUT2D eigenvalue weighted by atomic mass is 9.64. The maximum absolute atomic E-state index is 13.0. The van der Waals surface area contributed by atoms with Crippen LogP contribution in [-0.4, -0.2) is 35.9 Å². The summed E-state index contributed by atoms with van der Waals surface area (Å²) in [5.74, 6) is -0.264. The Hall–Kier alpha value is -2.60. The van der Waals surface area contributed by atoms with E-state index in [1.807, 2.05) is 26.8 Å². The number of ketones is 1. The minimum absolute atomic E-state index is 0.0197. The molecule has 0 aromatic heterocycles. The van der Waals surface area contributed by atoms with Gasteiger partial charge in [0.1, 0.15) is 18.1 Å². The smallest absolute Gasteiger partial charge is 0.302 e. The van der Waals surface area contributed by atoms with Crippen molar-refractivity contribution in [3.05, 3.63) is 40.5 Å². The third-order valence-electron chi connectivity index (χ3n) is 5.46. The number of carbonyl (C=O) groups is 2. The van der Waals surface area contributed by atoms with Crippen LogP contribution in [-0.2, 0) is 24.5 Å². The van der Waals surface area contributed by atoms with Crippen molar-refractivity contribution in [2.24, 2.45) is 5.92 Å². The Morgan fingerprint density at radius 2 is 2.07 bits per heavy atom. The summed E-state index contributed by atoms with van der Waals surface area (Å²) in [7, 11) is 0. The van der Waals surface area contributed by atoms with Crippen LogP contribution in [0.1, 0.15) is 38.8 Å². The lowest BCUT2D eigenvalue weighted by Gasteiger charge is -2.39. The fourth-order valence-electron chi connectivity index (χ4n) is 4.37. The summed E-state index contributed by atoms with van der Waals surface area (Å²) in [5, 5.41) is 10.5. The molecule has 1 N–H and O–H groups in total. The molecule has 6 heteroatoms. The lowest BCUT2D eigenvalue weighted by molar-refractivity contribution is -0.148. The molecule has 0 saturated heterocycles. The number of hydrogen-bond donors (Lipinski definition) is 1.